The van der Waals surface area contributed by atoms with Crippen molar-refractivity contribution in [1.29, 1.82) is 0 Å². The molecule has 0 aromatic heterocycles. The highest BCUT2D eigenvalue weighted by Gasteiger charge is 2.28. The first-order chi connectivity index (χ1) is 8.20. The first kappa shape index (κ1) is 12.6. The van der Waals surface area contributed by atoms with Gasteiger partial charge in [0.15, 0.2) is 0 Å². The third-order valence-electron chi connectivity index (χ3n) is 3.45. The van der Waals surface area contributed by atoms with Gasteiger partial charge in [-0.15, -0.1) is 0 Å². The molecule has 0 radical (unpaired) electrons. The Morgan fingerprint density at radius 3 is 2.71 bits per heavy atom. The minimum atomic E-state index is -0.582. The van der Waals surface area contributed by atoms with Crippen LogP contribution in [0, 0.1) is 6.92 Å². The number of aliphatic hydroxyl groups is 1. The molecular formula is C14H21NO2. The van der Waals surface area contributed by atoms with E-state index in [2.05, 4.69) is 24.4 Å². The Bertz CT molecular complexity index is 359. The zero-order valence-corrected chi connectivity index (χ0v) is 10.4. The summed E-state index contributed by atoms with van der Waals surface area (Å²) in [5, 5.41) is 13.6. The maximum atomic E-state index is 10.3. The molecule has 0 unspecified atom stereocenters. The van der Waals surface area contributed by atoms with Crippen molar-refractivity contribution in [3.05, 3.63) is 35.4 Å². The molecule has 1 aromatic rings. The SMILES string of the molecule is Cc1ccccc1CNCC1(O)CCOCC1. The van der Waals surface area contributed by atoms with Crippen LogP contribution in [0.25, 0.3) is 0 Å². The Kier molecular flexibility index (Phi) is 4.15. The van der Waals surface area contributed by atoms with Crippen molar-refractivity contribution in [2.24, 2.45) is 0 Å². The number of hydrogen-bond acceptors (Lipinski definition) is 3. The van der Waals surface area contributed by atoms with E-state index in [0.717, 1.165) is 19.4 Å². The van der Waals surface area contributed by atoms with Crippen molar-refractivity contribution in [1.82, 2.24) is 5.32 Å². The van der Waals surface area contributed by atoms with E-state index in [0.29, 0.717) is 19.8 Å². The molecule has 0 spiro atoms. The second-order valence-corrected chi connectivity index (χ2v) is 4.87. The first-order valence-corrected chi connectivity index (χ1v) is 6.25. The second-order valence-electron chi connectivity index (χ2n) is 4.87. The largest absolute Gasteiger partial charge is 0.388 e. The van der Waals surface area contributed by atoms with Crippen molar-refractivity contribution >= 4 is 0 Å². The number of aryl methyl sites for hydroxylation is 1. The van der Waals surface area contributed by atoms with Gasteiger partial charge in [0, 0.05) is 39.1 Å². The molecule has 1 aromatic carbocycles. The molecule has 3 heteroatoms. The maximum Gasteiger partial charge on any atom is 0.0815 e. The molecule has 0 atom stereocenters. The fraction of sp³-hybridized carbons (Fsp3) is 0.571. The summed E-state index contributed by atoms with van der Waals surface area (Å²) in [5.41, 5.74) is 2.00. The van der Waals surface area contributed by atoms with Gasteiger partial charge >= 0.3 is 0 Å². The van der Waals surface area contributed by atoms with Crippen LogP contribution in [0.1, 0.15) is 24.0 Å². The average Bonchev–Trinajstić information content (AvgIpc) is 2.32. The van der Waals surface area contributed by atoms with Crippen molar-refractivity contribution < 1.29 is 9.84 Å². The van der Waals surface area contributed by atoms with Gasteiger partial charge in [0.05, 0.1) is 5.60 Å². The van der Waals surface area contributed by atoms with Crippen LogP contribution >= 0.6 is 0 Å². The monoisotopic (exact) mass is 235 g/mol. The summed E-state index contributed by atoms with van der Waals surface area (Å²) in [6, 6.07) is 8.33. The standard InChI is InChI=1S/C14H21NO2/c1-12-4-2-3-5-13(12)10-15-11-14(16)6-8-17-9-7-14/h2-5,15-16H,6-11H2,1H3. The fourth-order valence-corrected chi connectivity index (χ4v) is 2.17. The van der Waals surface area contributed by atoms with E-state index >= 15 is 0 Å². The Balaban J connectivity index is 1.81. The molecule has 17 heavy (non-hydrogen) atoms. The van der Waals surface area contributed by atoms with Gasteiger partial charge in [0.2, 0.25) is 0 Å². The number of ether oxygens (including phenoxy) is 1. The quantitative estimate of drug-likeness (QED) is 0.833. The topological polar surface area (TPSA) is 41.5 Å². The summed E-state index contributed by atoms with van der Waals surface area (Å²) >= 11 is 0. The summed E-state index contributed by atoms with van der Waals surface area (Å²) in [5.74, 6) is 0. The zero-order chi connectivity index (χ0) is 12.1. The van der Waals surface area contributed by atoms with Gasteiger partial charge in [-0.25, -0.2) is 0 Å². The van der Waals surface area contributed by atoms with Gasteiger partial charge in [-0.05, 0) is 18.1 Å². The van der Waals surface area contributed by atoms with Crippen LogP contribution in [-0.2, 0) is 11.3 Å². The van der Waals surface area contributed by atoms with Gasteiger partial charge in [-0.2, -0.15) is 0 Å². The molecule has 1 saturated heterocycles. The number of rotatable bonds is 4. The summed E-state index contributed by atoms with van der Waals surface area (Å²) in [7, 11) is 0. The van der Waals surface area contributed by atoms with Crippen LogP contribution in [0.4, 0.5) is 0 Å². The Hall–Kier alpha value is -0.900. The maximum absolute atomic E-state index is 10.3. The fourth-order valence-electron chi connectivity index (χ4n) is 2.17. The molecule has 2 N–H and O–H groups in total. The van der Waals surface area contributed by atoms with E-state index in [-0.39, 0.29) is 0 Å². The van der Waals surface area contributed by atoms with Crippen LogP contribution < -0.4 is 5.32 Å². The van der Waals surface area contributed by atoms with E-state index in [1.165, 1.54) is 11.1 Å². The summed E-state index contributed by atoms with van der Waals surface area (Å²) < 4.78 is 5.26. The highest BCUT2D eigenvalue weighted by atomic mass is 16.5. The lowest BCUT2D eigenvalue weighted by Crippen LogP contribution is -2.44. The molecule has 1 fully saturated rings. The molecule has 3 nitrogen and oxygen atoms in total. The van der Waals surface area contributed by atoms with Crippen LogP contribution in [-0.4, -0.2) is 30.5 Å². The predicted molar refractivity (Wildman–Crippen MR) is 67.9 cm³/mol. The molecule has 2 rings (SSSR count). The highest BCUT2D eigenvalue weighted by Crippen LogP contribution is 2.19. The summed E-state index contributed by atoms with van der Waals surface area (Å²) in [4.78, 5) is 0. The van der Waals surface area contributed by atoms with Crippen molar-refractivity contribution in [2.75, 3.05) is 19.8 Å². The highest BCUT2D eigenvalue weighted by molar-refractivity contribution is 5.25. The Labute approximate surface area is 103 Å². The molecule has 1 aliphatic heterocycles. The molecule has 0 saturated carbocycles. The van der Waals surface area contributed by atoms with Crippen molar-refractivity contribution in [2.45, 2.75) is 31.9 Å². The van der Waals surface area contributed by atoms with E-state index in [1.807, 2.05) is 12.1 Å². The summed E-state index contributed by atoms with van der Waals surface area (Å²) in [6.45, 7) is 4.91. The second kappa shape index (κ2) is 5.63. The molecule has 0 aliphatic carbocycles. The minimum Gasteiger partial charge on any atom is -0.388 e. The van der Waals surface area contributed by atoms with Crippen molar-refractivity contribution in [3.8, 4) is 0 Å². The lowest BCUT2D eigenvalue weighted by Gasteiger charge is -2.32. The van der Waals surface area contributed by atoms with Crippen LogP contribution in [0.5, 0.6) is 0 Å². The lowest BCUT2D eigenvalue weighted by molar-refractivity contribution is -0.0617. The van der Waals surface area contributed by atoms with Gasteiger partial charge < -0.3 is 15.2 Å². The first-order valence-electron chi connectivity index (χ1n) is 6.25. The van der Waals surface area contributed by atoms with Crippen LogP contribution in [0.2, 0.25) is 0 Å². The average molecular weight is 235 g/mol. The third kappa shape index (κ3) is 3.53. The molecule has 0 amide bonds. The number of hydrogen-bond donors (Lipinski definition) is 2. The molecule has 1 heterocycles. The normalized spacial score (nSPS) is 19.2. The Morgan fingerprint density at radius 1 is 1.29 bits per heavy atom. The summed E-state index contributed by atoms with van der Waals surface area (Å²) in [6.07, 6.45) is 1.46. The van der Waals surface area contributed by atoms with E-state index < -0.39 is 5.60 Å². The van der Waals surface area contributed by atoms with E-state index in [4.69, 9.17) is 4.74 Å². The molecule has 94 valence electrons. The van der Waals surface area contributed by atoms with Gasteiger partial charge in [-0.3, -0.25) is 0 Å². The van der Waals surface area contributed by atoms with Gasteiger partial charge in [0.25, 0.3) is 0 Å². The van der Waals surface area contributed by atoms with Crippen LogP contribution in [0.3, 0.4) is 0 Å². The predicted octanol–water partition coefficient (Wildman–Crippen LogP) is 1.63. The molecule has 0 bridgehead atoms. The zero-order valence-electron chi connectivity index (χ0n) is 10.4. The van der Waals surface area contributed by atoms with Gasteiger partial charge in [0.1, 0.15) is 0 Å². The van der Waals surface area contributed by atoms with Gasteiger partial charge in [-0.1, -0.05) is 24.3 Å². The Morgan fingerprint density at radius 2 is 2.00 bits per heavy atom. The molecule has 1 aliphatic rings. The molecular weight excluding hydrogens is 214 g/mol. The number of benzene rings is 1. The minimum absolute atomic E-state index is 0.582. The van der Waals surface area contributed by atoms with Crippen LogP contribution in [0.15, 0.2) is 24.3 Å². The van der Waals surface area contributed by atoms with E-state index in [1.54, 1.807) is 0 Å². The number of nitrogens with one attached hydrogen (secondary N) is 1. The van der Waals surface area contributed by atoms with E-state index in [9.17, 15) is 5.11 Å². The lowest BCUT2D eigenvalue weighted by atomic mass is 9.94. The smallest absolute Gasteiger partial charge is 0.0815 e. The third-order valence-corrected chi connectivity index (χ3v) is 3.45. The van der Waals surface area contributed by atoms with Crippen molar-refractivity contribution in [3.63, 3.8) is 0 Å².